The lowest BCUT2D eigenvalue weighted by Gasteiger charge is -2.18. The van der Waals surface area contributed by atoms with Gasteiger partial charge in [-0.1, -0.05) is 18.2 Å². The summed E-state index contributed by atoms with van der Waals surface area (Å²) in [4.78, 5) is 17.1. The van der Waals surface area contributed by atoms with Crippen molar-refractivity contribution < 1.29 is 19.1 Å². The predicted octanol–water partition coefficient (Wildman–Crippen LogP) is 3.08. The number of aliphatic hydroxyl groups is 1. The number of hydrogen-bond donors (Lipinski definition) is 2. The van der Waals surface area contributed by atoms with Gasteiger partial charge in [-0.05, 0) is 25.1 Å². The number of benzene rings is 1. The number of nitrogens with zero attached hydrogens (tertiary/aromatic N) is 1. The first-order valence-electron chi connectivity index (χ1n) is 8.04. The third-order valence-electron chi connectivity index (χ3n) is 4.01. The van der Waals surface area contributed by atoms with Gasteiger partial charge in [0.25, 0.3) is 5.91 Å². The van der Waals surface area contributed by atoms with E-state index < -0.39 is 6.10 Å². The van der Waals surface area contributed by atoms with E-state index in [0.717, 1.165) is 10.9 Å². The maximum absolute atomic E-state index is 12.8. The molecule has 2 heterocycles. The van der Waals surface area contributed by atoms with Gasteiger partial charge in [-0.2, -0.15) is 0 Å². The largest absolute Gasteiger partial charge is 0.494 e. The average molecular weight is 340 g/mol. The van der Waals surface area contributed by atoms with Crippen molar-refractivity contribution in [3.8, 4) is 5.75 Å². The second-order valence-electron chi connectivity index (χ2n) is 5.86. The lowest BCUT2D eigenvalue weighted by molar-refractivity contribution is 0.0902. The summed E-state index contributed by atoms with van der Waals surface area (Å²) in [5.74, 6) is 0.623. The van der Waals surface area contributed by atoms with Crippen molar-refractivity contribution in [2.45, 2.75) is 25.5 Å². The summed E-state index contributed by atoms with van der Waals surface area (Å²) in [6, 6.07) is 10.6. The number of para-hydroxylation sites is 1. The number of fused-ring (bicyclic) bond motifs is 1. The van der Waals surface area contributed by atoms with Crippen LogP contribution < -0.4 is 10.1 Å². The van der Waals surface area contributed by atoms with E-state index in [4.69, 9.17) is 9.15 Å². The first-order chi connectivity index (χ1) is 12.1. The topological polar surface area (TPSA) is 84.6 Å². The van der Waals surface area contributed by atoms with Crippen LogP contribution in [0, 0.1) is 0 Å². The number of ether oxygens (including phenoxy) is 1. The molecule has 0 fully saturated rings. The molecule has 2 aromatic heterocycles. The van der Waals surface area contributed by atoms with Crippen LogP contribution in [0.4, 0.5) is 0 Å². The summed E-state index contributed by atoms with van der Waals surface area (Å²) >= 11 is 0. The van der Waals surface area contributed by atoms with Crippen molar-refractivity contribution in [3.63, 3.8) is 0 Å². The van der Waals surface area contributed by atoms with Crippen molar-refractivity contribution >= 4 is 16.8 Å². The van der Waals surface area contributed by atoms with Crippen molar-refractivity contribution in [1.82, 2.24) is 10.3 Å². The molecule has 3 aromatic rings. The highest BCUT2D eigenvalue weighted by molar-refractivity contribution is 6.08. The molecule has 0 bridgehead atoms. The fraction of sp³-hybridized carbons (Fsp3) is 0.263. The van der Waals surface area contributed by atoms with E-state index in [9.17, 15) is 9.90 Å². The second kappa shape index (κ2) is 7.36. The number of carbonyl (C=O) groups is 1. The highest BCUT2D eigenvalue weighted by atomic mass is 16.5. The van der Waals surface area contributed by atoms with Gasteiger partial charge < -0.3 is 19.6 Å². The molecule has 25 heavy (non-hydrogen) atoms. The molecule has 0 saturated carbocycles. The Morgan fingerprint density at radius 1 is 1.32 bits per heavy atom. The van der Waals surface area contributed by atoms with Crippen LogP contribution in [0.25, 0.3) is 10.9 Å². The van der Waals surface area contributed by atoms with E-state index >= 15 is 0 Å². The number of aromatic nitrogens is 1. The molecule has 0 saturated heterocycles. The molecule has 0 radical (unpaired) electrons. The van der Waals surface area contributed by atoms with Gasteiger partial charge in [-0.25, -0.2) is 0 Å². The Balaban J connectivity index is 1.80. The molecule has 0 aliphatic rings. The van der Waals surface area contributed by atoms with Crippen LogP contribution in [0.3, 0.4) is 0 Å². The quantitative estimate of drug-likeness (QED) is 0.720. The highest BCUT2D eigenvalue weighted by Crippen LogP contribution is 2.26. The van der Waals surface area contributed by atoms with E-state index in [0.29, 0.717) is 23.5 Å². The van der Waals surface area contributed by atoms with Crippen LogP contribution in [0.15, 0.2) is 53.3 Å². The lowest BCUT2D eigenvalue weighted by atomic mass is 10.1. The number of aliphatic hydroxyl groups excluding tert-OH is 1. The molecule has 6 heteroatoms. The Bertz CT molecular complexity index is 861. The molecule has 2 atom stereocenters. The SMILES string of the molecule is COc1cnc2ccccc2c1C(=O)NC(C)CC(O)c1ccco1. The van der Waals surface area contributed by atoms with E-state index in [-0.39, 0.29) is 11.9 Å². The number of nitrogens with one attached hydrogen (secondary N) is 1. The number of carbonyl (C=O) groups excluding carboxylic acids is 1. The van der Waals surface area contributed by atoms with Gasteiger partial charge in [0.05, 0.1) is 30.6 Å². The minimum absolute atomic E-state index is 0.260. The molecule has 3 rings (SSSR count). The molecule has 6 nitrogen and oxygen atoms in total. The maximum Gasteiger partial charge on any atom is 0.256 e. The van der Waals surface area contributed by atoms with Gasteiger partial charge >= 0.3 is 0 Å². The zero-order valence-corrected chi connectivity index (χ0v) is 14.1. The predicted molar refractivity (Wildman–Crippen MR) is 93.5 cm³/mol. The van der Waals surface area contributed by atoms with Gasteiger partial charge in [0.15, 0.2) is 5.75 Å². The normalized spacial score (nSPS) is 13.4. The second-order valence-corrected chi connectivity index (χ2v) is 5.86. The average Bonchev–Trinajstić information content (AvgIpc) is 3.15. The minimum Gasteiger partial charge on any atom is -0.494 e. The van der Waals surface area contributed by atoms with Gasteiger partial charge in [0.2, 0.25) is 0 Å². The van der Waals surface area contributed by atoms with Crippen molar-refractivity contribution in [2.75, 3.05) is 7.11 Å². The smallest absolute Gasteiger partial charge is 0.256 e. The van der Waals surface area contributed by atoms with Crippen molar-refractivity contribution in [2.24, 2.45) is 0 Å². The number of amides is 1. The Labute approximate surface area is 145 Å². The molecular weight excluding hydrogens is 320 g/mol. The van der Waals surface area contributed by atoms with Crippen LogP contribution in [0.2, 0.25) is 0 Å². The van der Waals surface area contributed by atoms with Crippen LogP contribution in [-0.2, 0) is 0 Å². The third-order valence-corrected chi connectivity index (χ3v) is 4.01. The summed E-state index contributed by atoms with van der Waals surface area (Å²) in [6.07, 6.45) is 2.61. The fourth-order valence-corrected chi connectivity index (χ4v) is 2.80. The Morgan fingerprint density at radius 2 is 2.12 bits per heavy atom. The Hall–Kier alpha value is -2.86. The lowest BCUT2D eigenvalue weighted by Crippen LogP contribution is -2.34. The number of rotatable bonds is 6. The molecule has 0 spiro atoms. The fourth-order valence-electron chi connectivity index (χ4n) is 2.80. The van der Waals surface area contributed by atoms with Crippen LogP contribution in [0.1, 0.15) is 35.6 Å². The molecule has 130 valence electrons. The summed E-state index contributed by atoms with van der Waals surface area (Å²) in [5, 5.41) is 13.8. The van der Waals surface area contributed by atoms with Gasteiger partial charge in [0, 0.05) is 17.8 Å². The molecule has 0 aliphatic carbocycles. The van der Waals surface area contributed by atoms with E-state index in [1.165, 1.54) is 13.4 Å². The number of hydrogen-bond acceptors (Lipinski definition) is 5. The Kier molecular flexibility index (Phi) is 5.00. The summed E-state index contributed by atoms with van der Waals surface area (Å²) in [7, 11) is 1.51. The van der Waals surface area contributed by atoms with E-state index in [1.54, 1.807) is 18.3 Å². The monoisotopic (exact) mass is 340 g/mol. The van der Waals surface area contributed by atoms with Gasteiger partial charge in [-0.3, -0.25) is 9.78 Å². The van der Waals surface area contributed by atoms with Crippen molar-refractivity contribution in [1.29, 1.82) is 0 Å². The standard InChI is InChI=1S/C19H20N2O4/c1-12(10-15(22)16-8-5-9-25-16)21-19(23)18-13-6-3-4-7-14(13)20-11-17(18)24-2/h3-9,11-12,15,22H,10H2,1-2H3,(H,21,23). The zero-order chi connectivity index (χ0) is 17.8. The van der Waals surface area contributed by atoms with E-state index in [2.05, 4.69) is 10.3 Å². The number of furan rings is 1. The summed E-state index contributed by atoms with van der Waals surface area (Å²) in [6.45, 7) is 1.83. The van der Waals surface area contributed by atoms with Crippen molar-refractivity contribution in [3.05, 3.63) is 60.2 Å². The number of methoxy groups -OCH3 is 1. The molecule has 1 amide bonds. The number of pyridine rings is 1. The third kappa shape index (κ3) is 3.64. The zero-order valence-electron chi connectivity index (χ0n) is 14.1. The molecular formula is C19H20N2O4. The highest BCUT2D eigenvalue weighted by Gasteiger charge is 2.21. The minimum atomic E-state index is -0.777. The first-order valence-corrected chi connectivity index (χ1v) is 8.04. The van der Waals surface area contributed by atoms with Crippen LogP contribution >= 0.6 is 0 Å². The molecule has 0 aliphatic heterocycles. The molecule has 2 unspecified atom stereocenters. The van der Waals surface area contributed by atoms with Crippen LogP contribution in [-0.4, -0.2) is 29.1 Å². The Morgan fingerprint density at radius 3 is 2.84 bits per heavy atom. The summed E-state index contributed by atoms with van der Waals surface area (Å²) in [5.41, 5.74) is 1.16. The molecule has 2 N–H and O–H groups in total. The maximum atomic E-state index is 12.8. The van der Waals surface area contributed by atoms with Gasteiger partial charge in [-0.15, -0.1) is 0 Å². The van der Waals surface area contributed by atoms with Gasteiger partial charge in [0.1, 0.15) is 11.9 Å². The van der Waals surface area contributed by atoms with E-state index in [1.807, 2.05) is 31.2 Å². The van der Waals surface area contributed by atoms with Crippen LogP contribution in [0.5, 0.6) is 5.75 Å². The first kappa shape index (κ1) is 17.0. The summed E-state index contributed by atoms with van der Waals surface area (Å²) < 4.78 is 10.5. The molecule has 1 aromatic carbocycles.